The van der Waals surface area contributed by atoms with E-state index in [1.165, 1.54) is 18.9 Å². The molecule has 2 aliphatic heterocycles. The van der Waals surface area contributed by atoms with Gasteiger partial charge in [-0.25, -0.2) is 4.98 Å². The number of hydrogen-bond donors (Lipinski definition) is 0. The summed E-state index contributed by atoms with van der Waals surface area (Å²) in [5.74, 6) is 1.80. The Kier molecular flexibility index (Phi) is 5.33. The van der Waals surface area contributed by atoms with Crippen LogP contribution in [0.1, 0.15) is 38.3 Å². The van der Waals surface area contributed by atoms with Gasteiger partial charge in [-0.1, -0.05) is 13.0 Å². The van der Waals surface area contributed by atoms with Crippen molar-refractivity contribution < 1.29 is 13.2 Å². The average molecular weight is 341 g/mol. The molecule has 0 amide bonds. The van der Waals surface area contributed by atoms with Gasteiger partial charge >= 0.3 is 6.18 Å². The van der Waals surface area contributed by atoms with Gasteiger partial charge in [0.25, 0.3) is 0 Å². The van der Waals surface area contributed by atoms with Crippen LogP contribution in [-0.4, -0.2) is 42.6 Å². The summed E-state index contributed by atoms with van der Waals surface area (Å²) in [7, 11) is 0. The van der Waals surface area contributed by atoms with Crippen LogP contribution in [-0.2, 0) is 6.18 Å². The highest BCUT2D eigenvalue weighted by Crippen LogP contribution is 2.30. The predicted molar refractivity (Wildman–Crippen MR) is 89.0 cm³/mol. The average Bonchev–Trinajstić information content (AvgIpc) is 2.57. The number of hydrogen-bond acceptors (Lipinski definition) is 3. The van der Waals surface area contributed by atoms with Crippen LogP contribution in [0.3, 0.4) is 0 Å². The first-order chi connectivity index (χ1) is 11.4. The van der Waals surface area contributed by atoms with Crippen LogP contribution in [0.15, 0.2) is 18.2 Å². The van der Waals surface area contributed by atoms with Crippen molar-refractivity contribution in [2.75, 3.05) is 37.6 Å². The summed E-state index contributed by atoms with van der Waals surface area (Å²) in [6.45, 7) is 7.27. The second-order valence-electron chi connectivity index (χ2n) is 7.32. The van der Waals surface area contributed by atoms with Crippen molar-refractivity contribution in [2.45, 2.75) is 38.8 Å². The quantitative estimate of drug-likeness (QED) is 0.827. The summed E-state index contributed by atoms with van der Waals surface area (Å²) in [6, 6.07) is 4.20. The van der Waals surface area contributed by atoms with E-state index in [0.717, 1.165) is 57.5 Å². The molecule has 24 heavy (non-hydrogen) atoms. The third-order valence-corrected chi connectivity index (χ3v) is 5.26. The smallest absolute Gasteiger partial charge is 0.356 e. The molecule has 0 aliphatic carbocycles. The first kappa shape index (κ1) is 17.5. The van der Waals surface area contributed by atoms with E-state index in [1.54, 1.807) is 6.07 Å². The highest BCUT2D eigenvalue weighted by atomic mass is 19.4. The third-order valence-electron chi connectivity index (χ3n) is 5.26. The summed E-state index contributed by atoms with van der Waals surface area (Å²) < 4.78 is 38.6. The van der Waals surface area contributed by atoms with Gasteiger partial charge < -0.3 is 9.80 Å². The van der Waals surface area contributed by atoms with Gasteiger partial charge in [-0.05, 0) is 62.7 Å². The summed E-state index contributed by atoms with van der Waals surface area (Å²) in [5, 5.41) is 0. The largest absolute Gasteiger partial charge is 0.433 e. The van der Waals surface area contributed by atoms with E-state index in [0.29, 0.717) is 11.7 Å². The number of nitrogens with zero attached hydrogens (tertiary/aromatic N) is 3. The SMILES string of the molecule is CC1CCN(CC2CCCN(c3cccc(C(F)(F)F)n3)C2)CC1. The first-order valence-corrected chi connectivity index (χ1v) is 8.93. The lowest BCUT2D eigenvalue weighted by atomic mass is 9.94. The molecule has 1 aromatic heterocycles. The van der Waals surface area contributed by atoms with Crippen LogP contribution in [0.5, 0.6) is 0 Å². The molecule has 0 N–H and O–H groups in total. The number of piperidine rings is 2. The lowest BCUT2D eigenvalue weighted by molar-refractivity contribution is -0.141. The fraction of sp³-hybridized carbons (Fsp3) is 0.722. The molecule has 0 saturated carbocycles. The number of rotatable bonds is 3. The van der Waals surface area contributed by atoms with Gasteiger partial charge in [-0.2, -0.15) is 13.2 Å². The summed E-state index contributed by atoms with van der Waals surface area (Å²) in [5.41, 5.74) is -0.799. The number of halogens is 3. The minimum Gasteiger partial charge on any atom is -0.356 e. The molecule has 2 saturated heterocycles. The zero-order valence-electron chi connectivity index (χ0n) is 14.2. The number of alkyl halides is 3. The second kappa shape index (κ2) is 7.30. The lowest BCUT2D eigenvalue weighted by Gasteiger charge is -2.38. The topological polar surface area (TPSA) is 19.4 Å². The Morgan fingerprint density at radius 3 is 2.58 bits per heavy atom. The minimum absolute atomic E-state index is 0.460. The van der Waals surface area contributed by atoms with Gasteiger partial charge in [0.15, 0.2) is 0 Å². The van der Waals surface area contributed by atoms with Crippen LogP contribution < -0.4 is 4.90 Å². The fourth-order valence-electron chi connectivity index (χ4n) is 3.79. The van der Waals surface area contributed by atoms with Gasteiger partial charge in [0, 0.05) is 19.6 Å². The van der Waals surface area contributed by atoms with Crippen molar-refractivity contribution in [1.82, 2.24) is 9.88 Å². The molecular weight excluding hydrogens is 315 g/mol. The Labute approximate surface area is 141 Å². The molecule has 0 bridgehead atoms. The molecule has 3 nitrogen and oxygen atoms in total. The highest BCUT2D eigenvalue weighted by molar-refractivity contribution is 5.40. The molecule has 1 atom stereocenters. The van der Waals surface area contributed by atoms with Crippen molar-refractivity contribution in [3.8, 4) is 0 Å². The van der Waals surface area contributed by atoms with E-state index >= 15 is 0 Å². The number of aromatic nitrogens is 1. The Hall–Kier alpha value is -1.30. The molecule has 3 heterocycles. The van der Waals surface area contributed by atoms with E-state index in [4.69, 9.17) is 0 Å². The molecule has 1 aromatic rings. The van der Waals surface area contributed by atoms with Crippen LogP contribution in [0.4, 0.5) is 19.0 Å². The zero-order chi connectivity index (χ0) is 17.2. The molecule has 0 aromatic carbocycles. The monoisotopic (exact) mass is 341 g/mol. The van der Waals surface area contributed by atoms with E-state index in [9.17, 15) is 13.2 Å². The lowest BCUT2D eigenvalue weighted by Crippen LogP contribution is -2.43. The summed E-state index contributed by atoms with van der Waals surface area (Å²) in [6.07, 6.45) is 0.307. The Morgan fingerprint density at radius 2 is 1.88 bits per heavy atom. The van der Waals surface area contributed by atoms with Crippen LogP contribution >= 0.6 is 0 Å². The maximum atomic E-state index is 12.9. The highest BCUT2D eigenvalue weighted by Gasteiger charge is 2.33. The van der Waals surface area contributed by atoms with Crippen LogP contribution in [0.2, 0.25) is 0 Å². The van der Waals surface area contributed by atoms with Gasteiger partial charge in [-0.15, -0.1) is 0 Å². The molecule has 2 fully saturated rings. The molecule has 1 unspecified atom stereocenters. The summed E-state index contributed by atoms with van der Waals surface area (Å²) in [4.78, 5) is 8.39. The first-order valence-electron chi connectivity index (χ1n) is 8.93. The normalized spacial score (nSPS) is 24.3. The van der Waals surface area contributed by atoms with Crippen molar-refractivity contribution in [1.29, 1.82) is 0 Å². The molecule has 0 spiro atoms. The molecule has 6 heteroatoms. The fourth-order valence-corrected chi connectivity index (χ4v) is 3.79. The molecule has 2 aliphatic rings. The van der Waals surface area contributed by atoms with Crippen molar-refractivity contribution >= 4 is 5.82 Å². The van der Waals surface area contributed by atoms with Crippen LogP contribution in [0.25, 0.3) is 0 Å². The molecule has 134 valence electrons. The maximum Gasteiger partial charge on any atom is 0.433 e. The minimum atomic E-state index is -4.38. The van der Waals surface area contributed by atoms with Crippen molar-refractivity contribution in [3.05, 3.63) is 23.9 Å². The molecule has 0 radical (unpaired) electrons. The standard InChI is InChI=1S/C18H26F3N3/c1-14-7-10-23(11-8-14)12-15-4-3-9-24(13-15)17-6-2-5-16(22-17)18(19,20)21/h2,5-6,14-15H,3-4,7-13H2,1H3. The maximum absolute atomic E-state index is 12.9. The third kappa shape index (κ3) is 4.41. The van der Waals surface area contributed by atoms with E-state index < -0.39 is 11.9 Å². The Morgan fingerprint density at radius 1 is 1.12 bits per heavy atom. The zero-order valence-corrected chi connectivity index (χ0v) is 14.2. The molecule has 3 rings (SSSR count). The van der Waals surface area contributed by atoms with Gasteiger partial charge in [0.2, 0.25) is 0 Å². The Bertz CT molecular complexity index is 539. The number of likely N-dealkylation sites (tertiary alicyclic amines) is 1. The number of pyridine rings is 1. The molecular formula is C18H26F3N3. The Balaban J connectivity index is 1.61. The summed E-state index contributed by atoms with van der Waals surface area (Å²) >= 11 is 0. The van der Waals surface area contributed by atoms with E-state index in [2.05, 4.69) is 16.8 Å². The second-order valence-corrected chi connectivity index (χ2v) is 7.32. The van der Waals surface area contributed by atoms with E-state index in [-0.39, 0.29) is 0 Å². The van der Waals surface area contributed by atoms with Gasteiger partial charge in [-0.3, -0.25) is 0 Å². The van der Waals surface area contributed by atoms with Crippen molar-refractivity contribution in [2.24, 2.45) is 11.8 Å². The number of anilines is 1. The van der Waals surface area contributed by atoms with E-state index in [1.807, 2.05) is 4.90 Å². The van der Waals surface area contributed by atoms with Crippen LogP contribution in [0, 0.1) is 11.8 Å². The van der Waals surface area contributed by atoms with Gasteiger partial charge in [0.05, 0.1) is 0 Å². The van der Waals surface area contributed by atoms with Crippen molar-refractivity contribution in [3.63, 3.8) is 0 Å². The predicted octanol–water partition coefficient (Wildman–Crippen LogP) is 4.05. The van der Waals surface area contributed by atoms with Gasteiger partial charge in [0.1, 0.15) is 11.5 Å².